The van der Waals surface area contributed by atoms with Gasteiger partial charge in [-0.15, -0.1) is 0 Å². The first-order valence-corrected chi connectivity index (χ1v) is 10.4. The minimum atomic E-state index is -0.786. The van der Waals surface area contributed by atoms with E-state index in [2.05, 4.69) is 9.97 Å². The molecule has 0 aliphatic carbocycles. The molecule has 10 heteroatoms. The zero-order valence-electron chi connectivity index (χ0n) is 17.4. The number of halogens is 3. The van der Waals surface area contributed by atoms with Gasteiger partial charge in [0.25, 0.3) is 0 Å². The Labute approximate surface area is 199 Å². The predicted octanol–water partition coefficient (Wildman–Crippen LogP) is 5.31. The zero-order chi connectivity index (χ0) is 23.4. The molecule has 0 unspecified atom stereocenters. The van der Waals surface area contributed by atoms with Gasteiger partial charge >= 0.3 is 11.9 Å². The Kier molecular flexibility index (Phi) is 7.56. The van der Waals surface area contributed by atoms with Crippen molar-refractivity contribution in [2.24, 2.45) is 0 Å². The highest BCUT2D eigenvalue weighted by Gasteiger charge is 2.23. The average molecular weight is 495 g/mol. The molecule has 0 saturated carbocycles. The van der Waals surface area contributed by atoms with Crippen molar-refractivity contribution in [3.63, 3.8) is 0 Å². The van der Waals surface area contributed by atoms with Crippen molar-refractivity contribution in [3.8, 4) is 11.4 Å². The molecule has 0 N–H and O–H groups in total. The third kappa shape index (κ3) is 5.12. The van der Waals surface area contributed by atoms with E-state index in [1.165, 1.54) is 7.11 Å². The molecule has 3 aromatic rings. The standard InChI is InChI=1S/C22H18Cl3N3O4/c1-28(2)20-17(25)18(26-19(27-20)15-9-8-13(23)10-16(15)24)22(30)32-11-12-6-4-5-7-14(12)21(29)31-3/h4-10H,11H2,1-3H3. The van der Waals surface area contributed by atoms with Crippen LogP contribution >= 0.6 is 34.8 Å². The second kappa shape index (κ2) is 10.2. The summed E-state index contributed by atoms with van der Waals surface area (Å²) in [4.78, 5) is 35.2. The van der Waals surface area contributed by atoms with E-state index in [4.69, 9.17) is 44.3 Å². The smallest absolute Gasteiger partial charge is 0.359 e. The van der Waals surface area contributed by atoms with E-state index in [1.807, 2.05) is 0 Å². The molecule has 0 aliphatic rings. The van der Waals surface area contributed by atoms with E-state index in [0.717, 1.165) is 0 Å². The van der Waals surface area contributed by atoms with Crippen molar-refractivity contribution in [2.45, 2.75) is 6.61 Å². The third-order valence-corrected chi connectivity index (χ3v) is 5.30. The average Bonchev–Trinajstić information content (AvgIpc) is 2.77. The van der Waals surface area contributed by atoms with Gasteiger partial charge in [-0.1, -0.05) is 53.0 Å². The molecule has 0 atom stereocenters. The fraction of sp³-hybridized carbons (Fsp3) is 0.182. The number of benzene rings is 2. The summed E-state index contributed by atoms with van der Waals surface area (Å²) in [6.45, 7) is -0.182. The summed E-state index contributed by atoms with van der Waals surface area (Å²) >= 11 is 18.7. The predicted molar refractivity (Wildman–Crippen MR) is 124 cm³/mol. The second-order valence-corrected chi connectivity index (χ2v) is 8.00. The third-order valence-electron chi connectivity index (χ3n) is 4.40. The number of esters is 2. The molecule has 1 aromatic heterocycles. The van der Waals surface area contributed by atoms with Gasteiger partial charge in [-0.25, -0.2) is 19.6 Å². The van der Waals surface area contributed by atoms with Gasteiger partial charge in [0.05, 0.1) is 17.7 Å². The van der Waals surface area contributed by atoms with Gasteiger partial charge in [0.1, 0.15) is 11.6 Å². The first-order valence-electron chi connectivity index (χ1n) is 9.26. The monoisotopic (exact) mass is 493 g/mol. The molecule has 1 heterocycles. The summed E-state index contributed by atoms with van der Waals surface area (Å²) in [5, 5.41) is 0.787. The highest BCUT2D eigenvalue weighted by Crippen LogP contribution is 2.33. The van der Waals surface area contributed by atoms with E-state index in [0.29, 0.717) is 32.6 Å². The van der Waals surface area contributed by atoms with Gasteiger partial charge < -0.3 is 14.4 Å². The normalized spacial score (nSPS) is 10.6. The SMILES string of the molecule is COC(=O)c1ccccc1COC(=O)c1nc(-c2ccc(Cl)cc2Cl)nc(N(C)C)c1Cl. The molecule has 7 nitrogen and oxygen atoms in total. The number of hydrogen-bond donors (Lipinski definition) is 0. The number of rotatable bonds is 6. The molecule has 32 heavy (non-hydrogen) atoms. The number of anilines is 1. The van der Waals surface area contributed by atoms with Crippen molar-refractivity contribution in [2.75, 3.05) is 26.1 Å². The number of aromatic nitrogens is 2. The molecule has 0 saturated heterocycles. The lowest BCUT2D eigenvalue weighted by molar-refractivity contribution is 0.0454. The number of hydrogen-bond acceptors (Lipinski definition) is 7. The van der Waals surface area contributed by atoms with Crippen molar-refractivity contribution in [1.29, 1.82) is 0 Å². The van der Waals surface area contributed by atoms with Crippen LogP contribution in [0.15, 0.2) is 42.5 Å². The molecule has 166 valence electrons. The molecule has 3 rings (SSSR count). The number of nitrogens with zero attached hydrogens (tertiary/aromatic N) is 3. The highest BCUT2D eigenvalue weighted by molar-refractivity contribution is 6.37. The van der Waals surface area contributed by atoms with Gasteiger partial charge in [-0.05, 0) is 24.3 Å². The summed E-state index contributed by atoms with van der Waals surface area (Å²) in [5.41, 5.74) is 1.11. The van der Waals surface area contributed by atoms with Crippen molar-refractivity contribution in [1.82, 2.24) is 9.97 Å². The van der Waals surface area contributed by atoms with Crippen LogP contribution in [0.2, 0.25) is 15.1 Å². The van der Waals surface area contributed by atoms with Crippen LogP contribution in [0.4, 0.5) is 5.82 Å². The topological polar surface area (TPSA) is 81.6 Å². The molecule has 0 aliphatic heterocycles. The van der Waals surface area contributed by atoms with Crippen LogP contribution in [0.25, 0.3) is 11.4 Å². The summed E-state index contributed by atoms with van der Waals surface area (Å²) in [5.74, 6) is -0.830. The summed E-state index contributed by atoms with van der Waals surface area (Å²) in [6, 6.07) is 11.5. The van der Waals surface area contributed by atoms with Crippen LogP contribution in [0.1, 0.15) is 26.4 Å². The lowest BCUT2D eigenvalue weighted by atomic mass is 10.1. The molecular weight excluding hydrogens is 477 g/mol. The number of ether oxygens (including phenoxy) is 2. The zero-order valence-corrected chi connectivity index (χ0v) is 19.6. The maximum atomic E-state index is 12.9. The van der Waals surface area contributed by atoms with Crippen LogP contribution in [0, 0.1) is 0 Å². The van der Waals surface area contributed by atoms with Crippen LogP contribution in [-0.4, -0.2) is 43.1 Å². The van der Waals surface area contributed by atoms with E-state index in [-0.39, 0.29) is 23.1 Å². The van der Waals surface area contributed by atoms with Gasteiger partial charge in [-0.3, -0.25) is 0 Å². The Morgan fingerprint density at radius 1 is 1.00 bits per heavy atom. The van der Waals surface area contributed by atoms with Crippen molar-refractivity contribution < 1.29 is 19.1 Å². The Balaban J connectivity index is 1.97. The molecule has 0 spiro atoms. The van der Waals surface area contributed by atoms with Gasteiger partial charge in [0, 0.05) is 30.2 Å². The Hall–Kier alpha value is -2.87. The Morgan fingerprint density at radius 3 is 2.38 bits per heavy atom. The summed E-state index contributed by atoms with van der Waals surface area (Å²) in [7, 11) is 4.73. The molecular formula is C22H18Cl3N3O4. The quantitative estimate of drug-likeness (QED) is 0.429. The molecule has 0 bridgehead atoms. The first-order chi connectivity index (χ1) is 15.2. The van der Waals surface area contributed by atoms with Crippen LogP contribution in [-0.2, 0) is 16.1 Å². The van der Waals surface area contributed by atoms with Gasteiger partial charge in [0.15, 0.2) is 17.3 Å². The largest absolute Gasteiger partial charge is 0.465 e. The Bertz CT molecular complexity index is 1190. The van der Waals surface area contributed by atoms with E-state index >= 15 is 0 Å². The molecule has 0 radical (unpaired) electrons. The van der Waals surface area contributed by atoms with E-state index in [1.54, 1.807) is 61.5 Å². The minimum absolute atomic E-state index is 0.0232. The van der Waals surface area contributed by atoms with Crippen molar-refractivity contribution >= 4 is 52.6 Å². The van der Waals surface area contributed by atoms with Crippen LogP contribution in [0.5, 0.6) is 0 Å². The van der Waals surface area contributed by atoms with Gasteiger partial charge in [-0.2, -0.15) is 0 Å². The van der Waals surface area contributed by atoms with E-state index in [9.17, 15) is 9.59 Å². The fourth-order valence-corrected chi connectivity index (χ4v) is 3.65. The summed E-state index contributed by atoms with van der Waals surface area (Å²) < 4.78 is 10.2. The molecule has 0 fully saturated rings. The maximum absolute atomic E-state index is 12.9. The molecule has 0 amide bonds. The van der Waals surface area contributed by atoms with Gasteiger partial charge in [0.2, 0.25) is 0 Å². The fourth-order valence-electron chi connectivity index (χ4n) is 2.83. The van der Waals surface area contributed by atoms with Crippen LogP contribution in [0.3, 0.4) is 0 Å². The van der Waals surface area contributed by atoms with Crippen LogP contribution < -0.4 is 4.90 Å². The number of methoxy groups -OCH3 is 1. The highest BCUT2D eigenvalue weighted by atomic mass is 35.5. The Morgan fingerprint density at radius 2 is 1.72 bits per heavy atom. The number of carbonyl (C=O) groups excluding carboxylic acids is 2. The lowest BCUT2D eigenvalue weighted by Gasteiger charge is -2.17. The minimum Gasteiger partial charge on any atom is -0.465 e. The lowest BCUT2D eigenvalue weighted by Crippen LogP contribution is -2.17. The van der Waals surface area contributed by atoms with E-state index < -0.39 is 11.9 Å². The number of carbonyl (C=O) groups is 2. The second-order valence-electron chi connectivity index (χ2n) is 6.78. The molecule has 2 aromatic carbocycles. The first kappa shape index (κ1) is 23.8. The summed E-state index contributed by atoms with van der Waals surface area (Å²) in [6.07, 6.45) is 0. The van der Waals surface area contributed by atoms with Crippen molar-refractivity contribution in [3.05, 3.63) is 74.4 Å². The maximum Gasteiger partial charge on any atom is 0.359 e.